The quantitative estimate of drug-likeness (QED) is 0.849. The molecule has 0 amide bonds. The summed E-state index contributed by atoms with van der Waals surface area (Å²) in [5, 5.41) is 13.3. The van der Waals surface area contributed by atoms with Gasteiger partial charge in [0.15, 0.2) is 11.4 Å². The zero-order chi connectivity index (χ0) is 12.0. The molecule has 1 saturated carbocycles. The molecule has 1 aliphatic carbocycles. The lowest BCUT2D eigenvalue weighted by atomic mass is 10.2. The number of alkyl halides is 3. The topological polar surface area (TPSA) is 55.6 Å². The highest BCUT2D eigenvalue weighted by Gasteiger charge is 2.66. The van der Waals surface area contributed by atoms with Crippen molar-refractivity contribution in [3.05, 3.63) is 5.82 Å². The van der Waals surface area contributed by atoms with Crippen LogP contribution in [0.4, 0.5) is 13.2 Å². The van der Waals surface area contributed by atoms with E-state index < -0.39 is 11.7 Å². The Bertz CT molecular complexity index is 381. The van der Waals surface area contributed by atoms with Crippen molar-refractivity contribution < 1.29 is 13.2 Å². The number of nitrogens with zero attached hydrogens (tertiary/aromatic N) is 4. The summed E-state index contributed by atoms with van der Waals surface area (Å²) in [6.45, 7) is 1.72. The van der Waals surface area contributed by atoms with Crippen LogP contribution in [-0.4, -0.2) is 33.4 Å². The van der Waals surface area contributed by atoms with Crippen LogP contribution >= 0.6 is 0 Å². The Hall–Kier alpha value is -1.18. The number of rotatable bonds is 3. The van der Waals surface area contributed by atoms with Gasteiger partial charge in [0.2, 0.25) is 0 Å². The first kappa shape index (κ1) is 11.3. The van der Waals surface area contributed by atoms with E-state index >= 15 is 0 Å². The van der Waals surface area contributed by atoms with Crippen LogP contribution in [0.25, 0.3) is 0 Å². The Kier molecular flexibility index (Phi) is 2.41. The molecule has 0 saturated heterocycles. The molecule has 0 spiro atoms. The summed E-state index contributed by atoms with van der Waals surface area (Å²) in [4.78, 5) is 0. The molecule has 0 aromatic carbocycles. The number of tetrazole rings is 1. The molecule has 16 heavy (non-hydrogen) atoms. The smallest absolute Gasteiger partial charge is 0.311 e. The van der Waals surface area contributed by atoms with Gasteiger partial charge < -0.3 is 5.32 Å². The predicted molar refractivity (Wildman–Crippen MR) is 48.6 cm³/mol. The van der Waals surface area contributed by atoms with Crippen molar-refractivity contribution >= 4 is 0 Å². The van der Waals surface area contributed by atoms with Gasteiger partial charge in [0.05, 0.1) is 6.04 Å². The molecule has 90 valence electrons. The van der Waals surface area contributed by atoms with Gasteiger partial charge >= 0.3 is 6.18 Å². The predicted octanol–water partition coefficient (Wildman–Crippen LogP) is 1.00. The highest BCUT2D eigenvalue weighted by Crippen LogP contribution is 2.55. The van der Waals surface area contributed by atoms with Gasteiger partial charge in [-0.15, -0.1) is 5.10 Å². The van der Waals surface area contributed by atoms with Crippen LogP contribution in [0.1, 0.15) is 31.6 Å². The van der Waals surface area contributed by atoms with Crippen LogP contribution in [0, 0.1) is 0 Å². The lowest BCUT2D eigenvalue weighted by Gasteiger charge is -2.21. The summed E-state index contributed by atoms with van der Waals surface area (Å²) in [5.74, 6) is 0.220. The summed E-state index contributed by atoms with van der Waals surface area (Å²) < 4.78 is 39.5. The van der Waals surface area contributed by atoms with Crippen LogP contribution in [0.2, 0.25) is 0 Å². The third-order valence-electron chi connectivity index (χ3n) is 2.97. The Morgan fingerprint density at radius 1 is 1.44 bits per heavy atom. The van der Waals surface area contributed by atoms with Gasteiger partial charge in [-0.2, -0.15) is 13.2 Å². The van der Waals surface area contributed by atoms with Crippen LogP contribution in [0.3, 0.4) is 0 Å². The van der Waals surface area contributed by atoms with E-state index in [1.54, 1.807) is 14.0 Å². The number of aromatic nitrogens is 4. The molecule has 1 aromatic rings. The summed E-state index contributed by atoms with van der Waals surface area (Å²) in [5.41, 5.74) is -1.88. The lowest BCUT2D eigenvalue weighted by Crippen LogP contribution is -2.38. The van der Waals surface area contributed by atoms with E-state index in [0.29, 0.717) is 0 Å². The van der Waals surface area contributed by atoms with E-state index in [1.165, 1.54) is 0 Å². The fraction of sp³-hybridized carbons (Fsp3) is 0.875. The first-order chi connectivity index (χ1) is 7.42. The number of nitrogens with one attached hydrogen (secondary N) is 1. The summed E-state index contributed by atoms with van der Waals surface area (Å²) in [6.07, 6.45) is -4.21. The van der Waals surface area contributed by atoms with E-state index in [2.05, 4.69) is 20.8 Å². The largest absolute Gasteiger partial charge is 0.413 e. The Morgan fingerprint density at radius 3 is 2.50 bits per heavy atom. The van der Waals surface area contributed by atoms with Crippen molar-refractivity contribution in [2.45, 2.75) is 37.5 Å². The first-order valence-corrected chi connectivity index (χ1v) is 4.95. The number of hydrogen-bond acceptors (Lipinski definition) is 4. The van der Waals surface area contributed by atoms with E-state index in [9.17, 15) is 13.2 Å². The molecule has 1 fully saturated rings. The molecule has 1 N–H and O–H groups in total. The minimum Gasteiger partial charge on any atom is -0.311 e. The van der Waals surface area contributed by atoms with Crippen LogP contribution in [0.15, 0.2) is 0 Å². The van der Waals surface area contributed by atoms with Gasteiger partial charge in [-0.3, -0.25) is 0 Å². The van der Waals surface area contributed by atoms with E-state index in [1.807, 2.05) is 0 Å². The highest BCUT2D eigenvalue weighted by atomic mass is 19.4. The maximum atomic E-state index is 12.9. The van der Waals surface area contributed by atoms with E-state index in [-0.39, 0.29) is 24.7 Å². The fourth-order valence-electron chi connectivity index (χ4n) is 1.63. The van der Waals surface area contributed by atoms with Gasteiger partial charge in [0, 0.05) is 0 Å². The normalized spacial score (nSPS) is 20.8. The second-order valence-corrected chi connectivity index (χ2v) is 3.99. The average molecular weight is 235 g/mol. The third-order valence-corrected chi connectivity index (χ3v) is 2.97. The molecular formula is C8H12F3N5. The molecule has 1 aliphatic rings. The summed E-state index contributed by atoms with van der Waals surface area (Å²) >= 11 is 0. The molecule has 1 aromatic heterocycles. The fourth-order valence-corrected chi connectivity index (χ4v) is 1.63. The molecule has 0 aliphatic heterocycles. The van der Waals surface area contributed by atoms with Crippen molar-refractivity contribution in [3.8, 4) is 0 Å². The summed E-state index contributed by atoms with van der Waals surface area (Å²) in [6, 6.07) is -0.310. The maximum absolute atomic E-state index is 12.9. The second-order valence-electron chi connectivity index (χ2n) is 3.99. The average Bonchev–Trinajstić information content (AvgIpc) is 2.89. The number of halogens is 3. The third kappa shape index (κ3) is 1.48. The first-order valence-electron chi connectivity index (χ1n) is 4.95. The van der Waals surface area contributed by atoms with Gasteiger partial charge in [-0.25, -0.2) is 4.68 Å². The molecule has 0 bridgehead atoms. The van der Waals surface area contributed by atoms with Gasteiger partial charge in [0.25, 0.3) is 0 Å². The van der Waals surface area contributed by atoms with Gasteiger partial charge in [-0.05, 0) is 37.2 Å². The monoisotopic (exact) mass is 235 g/mol. The van der Waals surface area contributed by atoms with E-state index in [4.69, 9.17) is 0 Å². The molecular weight excluding hydrogens is 223 g/mol. The zero-order valence-corrected chi connectivity index (χ0v) is 8.91. The highest BCUT2D eigenvalue weighted by molar-refractivity contribution is 5.09. The standard InChI is InChI=1S/C8H12F3N5/c1-5(12-2)6-13-14-15-16(6)7(3-4-7)8(9,10)11/h5,12H,3-4H2,1-2H3. The van der Waals surface area contributed by atoms with Crippen LogP contribution in [-0.2, 0) is 5.54 Å². The zero-order valence-electron chi connectivity index (χ0n) is 8.91. The Morgan fingerprint density at radius 2 is 2.06 bits per heavy atom. The van der Waals surface area contributed by atoms with Crippen molar-refractivity contribution in [2.75, 3.05) is 7.05 Å². The van der Waals surface area contributed by atoms with Crippen molar-refractivity contribution in [3.63, 3.8) is 0 Å². The van der Waals surface area contributed by atoms with Gasteiger partial charge in [-0.1, -0.05) is 0 Å². The van der Waals surface area contributed by atoms with Crippen LogP contribution < -0.4 is 5.32 Å². The Labute approximate surface area is 90.0 Å². The Balaban J connectivity index is 2.39. The molecule has 8 heteroatoms. The minimum absolute atomic E-state index is 0.0466. The van der Waals surface area contributed by atoms with Crippen molar-refractivity contribution in [2.24, 2.45) is 0 Å². The molecule has 2 rings (SSSR count). The van der Waals surface area contributed by atoms with Crippen molar-refractivity contribution in [1.82, 2.24) is 25.5 Å². The lowest BCUT2D eigenvalue weighted by molar-refractivity contribution is -0.183. The van der Waals surface area contributed by atoms with Gasteiger partial charge in [0.1, 0.15) is 0 Å². The number of hydrogen-bond donors (Lipinski definition) is 1. The molecule has 1 atom stereocenters. The molecule has 5 nitrogen and oxygen atoms in total. The summed E-state index contributed by atoms with van der Waals surface area (Å²) in [7, 11) is 1.65. The van der Waals surface area contributed by atoms with Crippen LogP contribution in [0.5, 0.6) is 0 Å². The molecule has 1 heterocycles. The molecule has 1 unspecified atom stereocenters. The molecule has 0 radical (unpaired) electrons. The van der Waals surface area contributed by atoms with Crippen molar-refractivity contribution in [1.29, 1.82) is 0 Å². The van der Waals surface area contributed by atoms with E-state index in [0.717, 1.165) is 4.68 Å². The minimum atomic E-state index is -4.30. The SMILES string of the molecule is CNC(C)c1nnnn1C1(C(F)(F)F)CC1. The second kappa shape index (κ2) is 3.41. The maximum Gasteiger partial charge on any atom is 0.413 e.